The Labute approximate surface area is 190 Å². The molecule has 2 aliphatic rings. The maximum Gasteiger partial charge on any atom is 0.416 e. The number of aldehydes is 1. The van der Waals surface area contributed by atoms with Crippen LogP contribution in [-0.4, -0.2) is 62.4 Å². The number of hydrogen-bond acceptors (Lipinski definition) is 6. The second kappa shape index (κ2) is 9.86. The fraction of sp³-hybridized carbons (Fsp3) is 0.333. The number of ether oxygens (including phenoxy) is 1. The van der Waals surface area contributed by atoms with Crippen molar-refractivity contribution in [3.05, 3.63) is 76.4 Å². The van der Waals surface area contributed by atoms with Crippen molar-refractivity contribution in [2.75, 3.05) is 40.4 Å². The number of hydrogen-bond donors (Lipinski definition) is 2. The smallest absolute Gasteiger partial charge is 0.398 e. The second-order valence-electron chi connectivity index (χ2n) is 8.07. The van der Waals surface area contributed by atoms with Gasteiger partial charge in [-0.2, -0.15) is 13.2 Å². The van der Waals surface area contributed by atoms with Crippen molar-refractivity contribution in [2.45, 2.75) is 11.8 Å². The third-order valence-corrected chi connectivity index (χ3v) is 5.58. The van der Waals surface area contributed by atoms with Gasteiger partial charge < -0.3 is 15.6 Å². The molecule has 3 N–H and O–H groups in total. The monoisotopic (exact) mass is 461 g/mol. The van der Waals surface area contributed by atoms with E-state index in [0.717, 1.165) is 35.3 Å². The number of halogens is 3. The lowest BCUT2D eigenvalue weighted by atomic mass is 9.92. The SMILES string of the molecule is CN=C1CN(C)C/C1=C(/N)c1ccc(C(F)(F)F)cc1.O=Cc1ccc(C2(O)COC2)cc1. The molecule has 0 radical (unpaired) electrons. The summed E-state index contributed by atoms with van der Waals surface area (Å²) in [6.45, 7) is 2.04. The number of carbonyl (C=O) groups excluding carboxylic acids is 1. The lowest BCUT2D eigenvalue weighted by molar-refractivity contribution is -0.184. The Hall–Kier alpha value is -3.01. The molecule has 6 nitrogen and oxygen atoms in total. The highest BCUT2D eigenvalue weighted by molar-refractivity contribution is 6.09. The molecule has 0 atom stereocenters. The van der Waals surface area contributed by atoms with Gasteiger partial charge in [-0.3, -0.25) is 14.7 Å². The highest BCUT2D eigenvalue weighted by atomic mass is 19.4. The molecule has 0 amide bonds. The average Bonchev–Trinajstić information content (AvgIpc) is 3.17. The van der Waals surface area contributed by atoms with E-state index in [1.54, 1.807) is 31.3 Å². The number of alkyl halides is 3. The van der Waals surface area contributed by atoms with Gasteiger partial charge in [0.2, 0.25) is 0 Å². The van der Waals surface area contributed by atoms with Crippen LogP contribution in [0.5, 0.6) is 0 Å². The standard InChI is InChI=1S/C14H16F3N3.C10H10O3/c1-19-12-8-20(2)7-11(12)13(18)9-3-5-10(6-4-9)14(15,16)17;11-5-8-1-3-9(4-2-8)10(12)6-13-7-10/h3-6H,7-8,18H2,1-2H3;1-5,12H,6-7H2/b13-11-,19-12?;. The van der Waals surface area contributed by atoms with Crippen LogP contribution >= 0.6 is 0 Å². The number of nitrogens with two attached hydrogens (primary N) is 1. The van der Waals surface area contributed by atoms with Crippen LogP contribution in [0.4, 0.5) is 13.2 Å². The number of likely N-dealkylation sites (tertiary alicyclic amines) is 1. The van der Waals surface area contributed by atoms with Gasteiger partial charge in [0, 0.05) is 37.0 Å². The van der Waals surface area contributed by atoms with E-state index in [1.807, 2.05) is 7.05 Å². The Morgan fingerprint density at radius 2 is 1.73 bits per heavy atom. The summed E-state index contributed by atoms with van der Waals surface area (Å²) in [6.07, 6.45) is -3.55. The minimum absolute atomic E-state index is 0.341. The van der Waals surface area contributed by atoms with E-state index in [4.69, 9.17) is 10.5 Å². The first-order chi connectivity index (χ1) is 15.6. The third-order valence-electron chi connectivity index (χ3n) is 5.58. The van der Waals surface area contributed by atoms with Crippen molar-refractivity contribution in [2.24, 2.45) is 10.7 Å². The van der Waals surface area contributed by atoms with E-state index < -0.39 is 17.3 Å². The molecule has 0 aromatic heterocycles. The zero-order valence-electron chi connectivity index (χ0n) is 18.4. The molecule has 0 spiro atoms. The quantitative estimate of drug-likeness (QED) is 0.686. The van der Waals surface area contributed by atoms with Gasteiger partial charge in [0.05, 0.1) is 24.5 Å². The third kappa shape index (κ3) is 5.68. The summed E-state index contributed by atoms with van der Waals surface area (Å²) >= 11 is 0. The first-order valence-corrected chi connectivity index (χ1v) is 10.2. The fourth-order valence-corrected chi connectivity index (χ4v) is 3.56. The normalized spacial score (nSPS) is 20.6. The Kier molecular flexibility index (Phi) is 7.36. The molecule has 9 heteroatoms. The number of rotatable bonds is 3. The summed E-state index contributed by atoms with van der Waals surface area (Å²) in [6, 6.07) is 11.8. The molecule has 176 valence electrons. The Bertz CT molecular complexity index is 1040. The van der Waals surface area contributed by atoms with E-state index in [0.29, 0.717) is 43.1 Å². The summed E-state index contributed by atoms with van der Waals surface area (Å²) in [5.41, 5.74) is 8.84. The largest absolute Gasteiger partial charge is 0.416 e. The maximum atomic E-state index is 12.5. The predicted molar refractivity (Wildman–Crippen MR) is 120 cm³/mol. The lowest BCUT2D eigenvalue weighted by Gasteiger charge is -2.36. The van der Waals surface area contributed by atoms with Crippen LogP contribution in [0, 0.1) is 0 Å². The molecule has 2 aromatic carbocycles. The summed E-state index contributed by atoms with van der Waals surface area (Å²) < 4.78 is 42.5. The second-order valence-corrected chi connectivity index (χ2v) is 8.07. The van der Waals surface area contributed by atoms with Crippen LogP contribution in [0.15, 0.2) is 59.1 Å². The van der Waals surface area contributed by atoms with Crippen LogP contribution < -0.4 is 5.73 Å². The zero-order valence-corrected chi connectivity index (χ0v) is 18.4. The number of aliphatic imine (C=N–C) groups is 1. The minimum Gasteiger partial charge on any atom is -0.398 e. The summed E-state index contributed by atoms with van der Waals surface area (Å²) in [5, 5.41) is 9.83. The van der Waals surface area contributed by atoms with Crippen molar-refractivity contribution in [3.63, 3.8) is 0 Å². The van der Waals surface area contributed by atoms with E-state index in [-0.39, 0.29) is 0 Å². The molecule has 0 bridgehead atoms. The highest BCUT2D eigenvalue weighted by Gasteiger charge is 2.37. The van der Waals surface area contributed by atoms with Crippen LogP contribution in [-0.2, 0) is 16.5 Å². The molecular weight excluding hydrogens is 435 g/mol. The number of carbonyl (C=O) groups is 1. The molecule has 2 aromatic rings. The van der Waals surface area contributed by atoms with Gasteiger partial charge in [-0.05, 0) is 30.3 Å². The van der Waals surface area contributed by atoms with Crippen LogP contribution in [0.1, 0.15) is 27.0 Å². The van der Waals surface area contributed by atoms with Crippen molar-refractivity contribution in [3.8, 4) is 0 Å². The Morgan fingerprint density at radius 1 is 1.12 bits per heavy atom. The first-order valence-electron chi connectivity index (χ1n) is 10.2. The average molecular weight is 461 g/mol. The van der Waals surface area contributed by atoms with Crippen molar-refractivity contribution in [1.29, 1.82) is 0 Å². The summed E-state index contributed by atoms with van der Waals surface area (Å²) in [7, 11) is 3.63. The summed E-state index contributed by atoms with van der Waals surface area (Å²) in [5.74, 6) is 0. The molecule has 0 unspecified atom stereocenters. The van der Waals surface area contributed by atoms with Crippen LogP contribution in [0.3, 0.4) is 0 Å². The molecule has 2 heterocycles. The summed E-state index contributed by atoms with van der Waals surface area (Å²) in [4.78, 5) is 16.6. The maximum absolute atomic E-state index is 12.5. The molecule has 2 saturated heterocycles. The zero-order chi connectivity index (χ0) is 24.2. The van der Waals surface area contributed by atoms with Gasteiger partial charge in [-0.1, -0.05) is 36.4 Å². The van der Waals surface area contributed by atoms with Gasteiger partial charge in [-0.25, -0.2) is 0 Å². The molecule has 2 fully saturated rings. The molecule has 33 heavy (non-hydrogen) atoms. The lowest BCUT2D eigenvalue weighted by Crippen LogP contribution is -2.46. The van der Waals surface area contributed by atoms with Gasteiger partial charge in [0.1, 0.15) is 11.9 Å². The van der Waals surface area contributed by atoms with Gasteiger partial charge >= 0.3 is 6.18 Å². The molecule has 0 saturated carbocycles. The number of likely N-dealkylation sites (N-methyl/N-ethyl adjacent to an activating group) is 1. The predicted octanol–water partition coefficient (Wildman–Crippen LogP) is 3.11. The molecular formula is C24H26F3N3O3. The molecule has 4 rings (SSSR count). The van der Waals surface area contributed by atoms with Gasteiger partial charge in [0.25, 0.3) is 0 Å². The van der Waals surface area contributed by atoms with E-state index >= 15 is 0 Å². The van der Waals surface area contributed by atoms with Gasteiger partial charge in [-0.15, -0.1) is 0 Å². The highest BCUT2D eigenvalue weighted by Crippen LogP contribution is 2.31. The number of nitrogens with zero attached hydrogens (tertiary/aromatic N) is 2. The van der Waals surface area contributed by atoms with Gasteiger partial charge in [0.15, 0.2) is 0 Å². The number of benzene rings is 2. The first kappa shape index (κ1) is 24.6. The van der Waals surface area contributed by atoms with E-state index in [9.17, 15) is 23.1 Å². The van der Waals surface area contributed by atoms with Crippen LogP contribution in [0.25, 0.3) is 5.70 Å². The minimum atomic E-state index is -4.33. The Balaban J connectivity index is 0.000000203. The van der Waals surface area contributed by atoms with Crippen LogP contribution in [0.2, 0.25) is 0 Å². The fourth-order valence-electron chi connectivity index (χ4n) is 3.56. The van der Waals surface area contributed by atoms with Crippen molar-refractivity contribution >= 4 is 17.7 Å². The van der Waals surface area contributed by atoms with Crippen molar-refractivity contribution < 1.29 is 27.8 Å². The topological polar surface area (TPSA) is 88.2 Å². The number of aliphatic hydroxyl groups is 1. The molecule has 2 aliphatic heterocycles. The van der Waals surface area contributed by atoms with E-state index in [1.165, 1.54) is 12.1 Å². The molecule has 0 aliphatic carbocycles. The Morgan fingerprint density at radius 3 is 2.18 bits per heavy atom. The van der Waals surface area contributed by atoms with Crippen molar-refractivity contribution in [1.82, 2.24) is 4.90 Å². The van der Waals surface area contributed by atoms with E-state index in [2.05, 4.69) is 9.89 Å².